The molecule has 0 bridgehead atoms. The number of carbonyl (C=O) groups excluding carboxylic acids is 2. The predicted molar refractivity (Wildman–Crippen MR) is 82.2 cm³/mol. The van der Waals surface area contributed by atoms with E-state index in [0.717, 1.165) is 5.56 Å². The summed E-state index contributed by atoms with van der Waals surface area (Å²) in [6, 6.07) is 9.45. The van der Waals surface area contributed by atoms with Crippen LogP contribution in [0.2, 0.25) is 0 Å². The molecule has 4 nitrogen and oxygen atoms in total. The fraction of sp³-hybridized carbons (Fsp3) is 0.294. The SMILES string of the molecule is C=CCCC(=O)N(Cc1ccccc1)C(=C)C(=O)OCC. The molecule has 0 saturated heterocycles. The molecular formula is C17H21NO3. The highest BCUT2D eigenvalue weighted by molar-refractivity contribution is 5.93. The zero-order chi connectivity index (χ0) is 15.7. The molecule has 0 aliphatic rings. The van der Waals surface area contributed by atoms with E-state index in [0.29, 0.717) is 13.0 Å². The zero-order valence-corrected chi connectivity index (χ0v) is 12.4. The minimum absolute atomic E-state index is 0.0646. The summed E-state index contributed by atoms with van der Waals surface area (Å²) in [7, 11) is 0. The number of amides is 1. The van der Waals surface area contributed by atoms with Crippen molar-refractivity contribution in [2.75, 3.05) is 6.61 Å². The van der Waals surface area contributed by atoms with Gasteiger partial charge in [-0.05, 0) is 18.9 Å². The van der Waals surface area contributed by atoms with E-state index in [1.54, 1.807) is 13.0 Å². The van der Waals surface area contributed by atoms with Gasteiger partial charge in [0.25, 0.3) is 0 Å². The first-order valence-electron chi connectivity index (χ1n) is 6.91. The van der Waals surface area contributed by atoms with Crippen LogP contribution < -0.4 is 0 Å². The van der Waals surface area contributed by atoms with Crippen molar-refractivity contribution >= 4 is 11.9 Å². The summed E-state index contributed by atoms with van der Waals surface area (Å²) >= 11 is 0. The maximum Gasteiger partial charge on any atom is 0.354 e. The van der Waals surface area contributed by atoms with Crippen LogP contribution in [0.3, 0.4) is 0 Å². The monoisotopic (exact) mass is 287 g/mol. The fourth-order valence-corrected chi connectivity index (χ4v) is 1.79. The minimum Gasteiger partial charge on any atom is -0.461 e. The summed E-state index contributed by atoms with van der Waals surface area (Å²) in [6.07, 6.45) is 2.51. The third-order valence-electron chi connectivity index (χ3n) is 2.88. The minimum atomic E-state index is -0.569. The summed E-state index contributed by atoms with van der Waals surface area (Å²) < 4.78 is 4.92. The Kier molecular flexibility index (Phi) is 6.95. The van der Waals surface area contributed by atoms with Crippen molar-refractivity contribution in [3.05, 3.63) is 60.8 Å². The quantitative estimate of drug-likeness (QED) is 0.419. The van der Waals surface area contributed by atoms with Crippen LogP contribution in [0.1, 0.15) is 25.3 Å². The summed E-state index contributed by atoms with van der Waals surface area (Å²) in [5.74, 6) is -0.739. The van der Waals surface area contributed by atoms with Gasteiger partial charge in [0.15, 0.2) is 0 Å². The molecule has 0 spiro atoms. The van der Waals surface area contributed by atoms with Crippen molar-refractivity contribution < 1.29 is 14.3 Å². The van der Waals surface area contributed by atoms with Gasteiger partial charge < -0.3 is 9.64 Å². The highest BCUT2D eigenvalue weighted by Crippen LogP contribution is 2.14. The molecule has 1 aromatic rings. The van der Waals surface area contributed by atoms with E-state index in [2.05, 4.69) is 13.2 Å². The van der Waals surface area contributed by atoms with Gasteiger partial charge in [-0.3, -0.25) is 4.79 Å². The van der Waals surface area contributed by atoms with Crippen molar-refractivity contribution in [1.82, 2.24) is 4.90 Å². The number of ether oxygens (including phenoxy) is 1. The second-order valence-electron chi connectivity index (χ2n) is 4.46. The Bertz CT molecular complexity index is 508. The summed E-state index contributed by atoms with van der Waals surface area (Å²) in [4.78, 5) is 25.5. The van der Waals surface area contributed by atoms with Gasteiger partial charge in [-0.1, -0.05) is 43.0 Å². The van der Waals surface area contributed by atoms with Gasteiger partial charge in [-0.2, -0.15) is 0 Å². The third-order valence-corrected chi connectivity index (χ3v) is 2.88. The number of hydrogen-bond donors (Lipinski definition) is 0. The van der Waals surface area contributed by atoms with Crippen LogP contribution in [0.25, 0.3) is 0 Å². The molecule has 0 aliphatic carbocycles. The van der Waals surface area contributed by atoms with E-state index in [-0.39, 0.29) is 24.6 Å². The Morgan fingerprint density at radius 2 is 1.95 bits per heavy atom. The van der Waals surface area contributed by atoms with Crippen molar-refractivity contribution in [2.45, 2.75) is 26.3 Å². The van der Waals surface area contributed by atoms with E-state index >= 15 is 0 Å². The Hall–Kier alpha value is -2.36. The van der Waals surface area contributed by atoms with Crippen molar-refractivity contribution in [3.63, 3.8) is 0 Å². The lowest BCUT2D eigenvalue weighted by molar-refractivity contribution is -0.144. The molecule has 0 heterocycles. The van der Waals surface area contributed by atoms with Crippen molar-refractivity contribution in [2.24, 2.45) is 0 Å². The van der Waals surface area contributed by atoms with Crippen molar-refractivity contribution in [1.29, 1.82) is 0 Å². The molecule has 1 amide bonds. The summed E-state index contributed by atoms with van der Waals surface area (Å²) in [5.41, 5.74) is 0.990. The van der Waals surface area contributed by atoms with Crippen LogP contribution in [0.5, 0.6) is 0 Å². The van der Waals surface area contributed by atoms with Crippen LogP contribution >= 0.6 is 0 Å². The number of esters is 1. The Morgan fingerprint density at radius 1 is 1.29 bits per heavy atom. The molecule has 0 radical (unpaired) electrons. The topological polar surface area (TPSA) is 46.6 Å². The second kappa shape index (κ2) is 8.74. The Morgan fingerprint density at radius 3 is 2.52 bits per heavy atom. The first-order valence-corrected chi connectivity index (χ1v) is 6.91. The molecule has 112 valence electrons. The van der Waals surface area contributed by atoms with Gasteiger partial charge in [-0.25, -0.2) is 4.79 Å². The third kappa shape index (κ3) is 5.26. The molecule has 0 aliphatic heterocycles. The number of benzene rings is 1. The average molecular weight is 287 g/mol. The van der Waals surface area contributed by atoms with E-state index in [4.69, 9.17) is 4.74 Å². The Labute approximate surface area is 125 Å². The van der Waals surface area contributed by atoms with Crippen LogP contribution in [0, 0.1) is 0 Å². The van der Waals surface area contributed by atoms with Gasteiger partial charge in [0.1, 0.15) is 5.70 Å². The number of allylic oxidation sites excluding steroid dienone is 1. The molecule has 1 rings (SSSR count). The van der Waals surface area contributed by atoms with E-state index in [1.807, 2.05) is 30.3 Å². The zero-order valence-electron chi connectivity index (χ0n) is 12.4. The maximum atomic E-state index is 12.3. The summed E-state index contributed by atoms with van der Waals surface area (Å²) in [5, 5.41) is 0. The van der Waals surface area contributed by atoms with Gasteiger partial charge in [0.2, 0.25) is 5.91 Å². The van der Waals surface area contributed by atoms with Crippen LogP contribution in [0.15, 0.2) is 55.3 Å². The highest BCUT2D eigenvalue weighted by atomic mass is 16.5. The maximum absolute atomic E-state index is 12.3. The smallest absolute Gasteiger partial charge is 0.354 e. The van der Waals surface area contributed by atoms with E-state index < -0.39 is 5.97 Å². The highest BCUT2D eigenvalue weighted by Gasteiger charge is 2.22. The Balaban J connectivity index is 2.88. The molecule has 0 atom stereocenters. The lowest BCUT2D eigenvalue weighted by Crippen LogP contribution is -2.33. The normalized spacial score (nSPS) is 9.76. The van der Waals surface area contributed by atoms with Crippen molar-refractivity contribution in [3.8, 4) is 0 Å². The molecule has 21 heavy (non-hydrogen) atoms. The molecule has 0 N–H and O–H groups in total. The fourth-order valence-electron chi connectivity index (χ4n) is 1.79. The number of rotatable bonds is 8. The van der Waals surface area contributed by atoms with E-state index in [9.17, 15) is 9.59 Å². The number of carbonyl (C=O) groups is 2. The summed E-state index contributed by atoms with van der Waals surface area (Å²) in [6.45, 7) is 9.57. The van der Waals surface area contributed by atoms with Gasteiger partial charge >= 0.3 is 5.97 Å². The first-order chi connectivity index (χ1) is 10.1. The van der Waals surface area contributed by atoms with Gasteiger partial charge in [0, 0.05) is 6.42 Å². The standard InChI is InChI=1S/C17H21NO3/c1-4-6-12-16(19)18(14(3)17(20)21-5-2)13-15-10-8-7-9-11-15/h4,7-11H,1,3,5-6,12-13H2,2H3. The molecular weight excluding hydrogens is 266 g/mol. The molecule has 0 fully saturated rings. The lowest BCUT2D eigenvalue weighted by atomic mass is 10.2. The number of hydrogen-bond acceptors (Lipinski definition) is 3. The lowest BCUT2D eigenvalue weighted by Gasteiger charge is -2.23. The van der Waals surface area contributed by atoms with Crippen LogP contribution in [-0.2, 0) is 20.9 Å². The first kappa shape index (κ1) is 16.7. The molecule has 1 aromatic carbocycles. The van der Waals surface area contributed by atoms with Crippen LogP contribution in [-0.4, -0.2) is 23.4 Å². The molecule has 4 heteroatoms. The van der Waals surface area contributed by atoms with Crippen LogP contribution in [0.4, 0.5) is 0 Å². The average Bonchev–Trinajstić information content (AvgIpc) is 2.50. The van der Waals surface area contributed by atoms with Gasteiger partial charge in [-0.15, -0.1) is 6.58 Å². The molecule has 0 unspecified atom stereocenters. The molecule has 0 saturated carbocycles. The largest absolute Gasteiger partial charge is 0.461 e. The van der Waals surface area contributed by atoms with Gasteiger partial charge in [0.05, 0.1) is 13.2 Å². The number of nitrogens with zero attached hydrogens (tertiary/aromatic N) is 1. The second-order valence-corrected chi connectivity index (χ2v) is 4.46. The molecule has 0 aromatic heterocycles. The predicted octanol–water partition coefficient (Wildman–Crippen LogP) is 3.06. The van der Waals surface area contributed by atoms with E-state index in [1.165, 1.54) is 4.90 Å².